The fourth-order valence-electron chi connectivity index (χ4n) is 0.772. The maximum atomic E-state index is 10.3. The zero-order valence-electron chi connectivity index (χ0n) is 7.71. The predicted molar refractivity (Wildman–Crippen MR) is 47.7 cm³/mol. The summed E-state index contributed by atoms with van der Waals surface area (Å²) in [5.74, 6) is -0.942. The number of hydrogen-bond donors (Lipinski definition) is 3. The van der Waals surface area contributed by atoms with Crippen molar-refractivity contribution in [1.82, 2.24) is 0 Å². The van der Waals surface area contributed by atoms with Crippen molar-refractivity contribution >= 4 is 5.97 Å². The lowest BCUT2D eigenvalue weighted by Crippen LogP contribution is -2.33. The van der Waals surface area contributed by atoms with Crippen LogP contribution in [-0.4, -0.2) is 23.7 Å². The molecule has 0 aromatic heterocycles. The summed E-state index contributed by atoms with van der Waals surface area (Å²) >= 11 is 0. The van der Waals surface area contributed by atoms with Gasteiger partial charge in [0.05, 0.1) is 0 Å². The van der Waals surface area contributed by atoms with Crippen molar-refractivity contribution in [3.05, 3.63) is 0 Å². The molecule has 4 heteroatoms. The molecule has 1 unspecified atom stereocenters. The molecule has 72 valence electrons. The minimum Gasteiger partial charge on any atom is -0.480 e. The number of carbonyl (C=O) groups is 1. The second-order valence-corrected chi connectivity index (χ2v) is 3.85. The highest BCUT2D eigenvalue weighted by Crippen LogP contribution is 2.20. The molecule has 0 rings (SSSR count). The molecule has 0 heterocycles. The highest BCUT2D eigenvalue weighted by molar-refractivity contribution is 5.72. The topological polar surface area (TPSA) is 89.3 Å². The van der Waals surface area contributed by atoms with Gasteiger partial charge in [-0.15, -0.1) is 0 Å². The first-order valence-corrected chi connectivity index (χ1v) is 4.07. The Morgan fingerprint density at radius 2 is 2.08 bits per heavy atom. The first kappa shape index (κ1) is 11.4. The zero-order chi connectivity index (χ0) is 9.78. The zero-order valence-corrected chi connectivity index (χ0v) is 7.71. The fraction of sp³-hybridized carbons (Fsp3) is 0.875. The van der Waals surface area contributed by atoms with Gasteiger partial charge in [0, 0.05) is 0 Å². The Morgan fingerprint density at radius 1 is 1.58 bits per heavy atom. The van der Waals surface area contributed by atoms with E-state index < -0.39 is 12.0 Å². The maximum absolute atomic E-state index is 10.3. The molecule has 0 aromatic rings. The summed E-state index contributed by atoms with van der Waals surface area (Å²) in [7, 11) is 0. The van der Waals surface area contributed by atoms with E-state index in [1.807, 2.05) is 13.8 Å². The molecule has 0 radical (unpaired) electrons. The molecule has 0 aliphatic rings. The van der Waals surface area contributed by atoms with Crippen molar-refractivity contribution in [2.24, 2.45) is 16.9 Å². The van der Waals surface area contributed by atoms with Crippen LogP contribution >= 0.6 is 0 Å². The molecule has 0 aliphatic heterocycles. The van der Waals surface area contributed by atoms with Crippen LogP contribution in [0.2, 0.25) is 0 Å². The molecule has 0 spiro atoms. The summed E-state index contributed by atoms with van der Waals surface area (Å²) < 4.78 is 0. The summed E-state index contributed by atoms with van der Waals surface area (Å²) in [5.41, 5.74) is 10.8. The van der Waals surface area contributed by atoms with Crippen LogP contribution < -0.4 is 11.5 Å². The number of hydrogen-bond acceptors (Lipinski definition) is 3. The number of carboxylic acid groups (broad SMARTS) is 1. The Bertz CT molecular complexity index is 157. The van der Waals surface area contributed by atoms with E-state index >= 15 is 0 Å². The normalized spacial score (nSPS) is 14.3. The SMILES string of the molecule is CC(C)(CN)CCC(N)C(=O)O. The van der Waals surface area contributed by atoms with E-state index in [2.05, 4.69) is 0 Å². The number of aliphatic carboxylic acids is 1. The lowest BCUT2D eigenvalue weighted by Gasteiger charge is -2.22. The van der Waals surface area contributed by atoms with Crippen molar-refractivity contribution in [2.75, 3.05) is 6.54 Å². The summed E-state index contributed by atoms with van der Waals surface area (Å²) in [6.07, 6.45) is 1.23. The molecule has 0 saturated carbocycles. The molecule has 5 N–H and O–H groups in total. The van der Waals surface area contributed by atoms with Gasteiger partial charge in [-0.25, -0.2) is 0 Å². The van der Waals surface area contributed by atoms with E-state index in [4.69, 9.17) is 16.6 Å². The van der Waals surface area contributed by atoms with Gasteiger partial charge < -0.3 is 16.6 Å². The third-order valence-electron chi connectivity index (χ3n) is 2.00. The molecule has 0 aliphatic carbocycles. The minimum atomic E-state index is -0.942. The van der Waals surface area contributed by atoms with Crippen LogP contribution in [0.1, 0.15) is 26.7 Å². The molecule has 4 nitrogen and oxygen atoms in total. The molecule has 0 amide bonds. The van der Waals surface area contributed by atoms with Gasteiger partial charge in [-0.2, -0.15) is 0 Å². The van der Waals surface area contributed by atoms with Crippen LogP contribution in [0.3, 0.4) is 0 Å². The minimum absolute atomic E-state index is 0.00688. The van der Waals surface area contributed by atoms with E-state index in [1.54, 1.807) is 0 Å². The Hall–Kier alpha value is -0.610. The van der Waals surface area contributed by atoms with Gasteiger partial charge in [-0.05, 0) is 24.8 Å². The monoisotopic (exact) mass is 174 g/mol. The van der Waals surface area contributed by atoms with Gasteiger partial charge >= 0.3 is 5.97 Å². The van der Waals surface area contributed by atoms with Crippen molar-refractivity contribution in [3.8, 4) is 0 Å². The quantitative estimate of drug-likeness (QED) is 0.554. The second kappa shape index (κ2) is 4.42. The standard InChI is InChI=1S/C8H18N2O2/c1-8(2,5-9)4-3-6(10)7(11)12/h6H,3-5,9-10H2,1-2H3,(H,11,12). The smallest absolute Gasteiger partial charge is 0.320 e. The number of nitrogens with two attached hydrogens (primary N) is 2. The van der Waals surface area contributed by atoms with Crippen LogP contribution in [0.15, 0.2) is 0 Å². The summed E-state index contributed by atoms with van der Waals surface area (Å²) in [5, 5.41) is 8.50. The van der Waals surface area contributed by atoms with Gasteiger partial charge in [0.2, 0.25) is 0 Å². The van der Waals surface area contributed by atoms with Crippen molar-refractivity contribution in [2.45, 2.75) is 32.7 Å². The van der Waals surface area contributed by atoms with Crippen LogP contribution in [0.25, 0.3) is 0 Å². The van der Waals surface area contributed by atoms with Crippen molar-refractivity contribution in [3.63, 3.8) is 0 Å². The molecular weight excluding hydrogens is 156 g/mol. The van der Waals surface area contributed by atoms with Crippen molar-refractivity contribution < 1.29 is 9.90 Å². The lowest BCUT2D eigenvalue weighted by molar-refractivity contribution is -0.138. The van der Waals surface area contributed by atoms with E-state index in [0.29, 0.717) is 13.0 Å². The second-order valence-electron chi connectivity index (χ2n) is 3.85. The number of rotatable bonds is 5. The average molecular weight is 174 g/mol. The summed E-state index contributed by atoms with van der Waals surface area (Å²) in [6.45, 7) is 4.56. The molecule has 12 heavy (non-hydrogen) atoms. The van der Waals surface area contributed by atoms with E-state index in [1.165, 1.54) is 0 Å². The highest BCUT2D eigenvalue weighted by atomic mass is 16.4. The predicted octanol–water partition coefficient (Wildman–Crippen LogP) is 0.163. The van der Waals surface area contributed by atoms with Crippen LogP contribution in [0.5, 0.6) is 0 Å². The largest absolute Gasteiger partial charge is 0.480 e. The van der Waals surface area contributed by atoms with Gasteiger partial charge in [0.25, 0.3) is 0 Å². The van der Waals surface area contributed by atoms with Gasteiger partial charge in [-0.1, -0.05) is 13.8 Å². The van der Waals surface area contributed by atoms with E-state index in [9.17, 15) is 4.79 Å². The first-order chi connectivity index (χ1) is 5.39. The van der Waals surface area contributed by atoms with Crippen molar-refractivity contribution in [1.29, 1.82) is 0 Å². The fourth-order valence-corrected chi connectivity index (χ4v) is 0.772. The van der Waals surface area contributed by atoms with E-state index in [-0.39, 0.29) is 5.41 Å². The van der Waals surface area contributed by atoms with Crippen LogP contribution in [0, 0.1) is 5.41 Å². The van der Waals surface area contributed by atoms with Gasteiger partial charge in [-0.3, -0.25) is 4.79 Å². The summed E-state index contributed by atoms with van der Waals surface area (Å²) in [6, 6.07) is -0.754. The Kier molecular flexibility index (Phi) is 4.20. The average Bonchev–Trinajstić information content (AvgIpc) is 2.00. The Balaban J connectivity index is 3.75. The summed E-state index contributed by atoms with van der Waals surface area (Å²) in [4.78, 5) is 10.3. The van der Waals surface area contributed by atoms with Crippen LogP contribution in [0.4, 0.5) is 0 Å². The molecule has 0 bridgehead atoms. The third kappa shape index (κ3) is 4.31. The molecule has 0 saturated heterocycles. The third-order valence-corrected chi connectivity index (χ3v) is 2.00. The highest BCUT2D eigenvalue weighted by Gasteiger charge is 2.19. The maximum Gasteiger partial charge on any atom is 0.320 e. The Morgan fingerprint density at radius 3 is 2.42 bits per heavy atom. The molecule has 1 atom stereocenters. The van der Waals surface area contributed by atoms with Gasteiger partial charge in [0.15, 0.2) is 0 Å². The van der Waals surface area contributed by atoms with E-state index in [0.717, 1.165) is 6.42 Å². The van der Waals surface area contributed by atoms with Gasteiger partial charge in [0.1, 0.15) is 6.04 Å². The molecule has 0 fully saturated rings. The molecular formula is C8H18N2O2. The number of carboxylic acids is 1. The lowest BCUT2D eigenvalue weighted by atomic mass is 9.86. The Labute approximate surface area is 72.9 Å². The van der Waals surface area contributed by atoms with Crippen LogP contribution in [-0.2, 0) is 4.79 Å². The first-order valence-electron chi connectivity index (χ1n) is 4.07. The molecule has 0 aromatic carbocycles.